The van der Waals surface area contributed by atoms with Crippen LogP contribution in [0.25, 0.3) is 0 Å². The number of hydrogen-bond acceptors (Lipinski definition) is 2. The molecule has 3 unspecified atom stereocenters. The van der Waals surface area contributed by atoms with Gasteiger partial charge in [-0.1, -0.05) is 6.42 Å². The van der Waals surface area contributed by atoms with Gasteiger partial charge < -0.3 is 10.4 Å². The van der Waals surface area contributed by atoms with Crippen LogP contribution in [0.4, 0.5) is 8.78 Å². The Morgan fingerprint density at radius 2 is 2.06 bits per heavy atom. The Labute approximate surface area is 93.2 Å². The number of aliphatic carboxylic acids is 1. The third kappa shape index (κ3) is 2.05. The van der Waals surface area contributed by atoms with E-state index in [-0.39, 0.29) is 6.42 Å². The van der Waals surface area contributed by atoms with Gasteiger partial charge >= 0.3 is 5.97 Å². The molecule has 1 aliphatic carbocycles. The maximum absolute atomic E-state index is 13.7. The minimum Gasteiger partial charge on any atom is -0.481 e. The van der Waals surface area contributed by atoms with E-state index in [2.05, 4.69) is 5.32 Å². The van der Waals surface area contributed by atoms with E-state index in [1.165, 1.54) is 0 Å². The summed E-state index contributed by atoms with van der Waals surface area (Å²) in [5.74, 6) is -5.43. The largest absolute Gasteiger partial charge is 0.481 e. The lowest BCUT2D eigenvalue weighted by Crippen LogP contribution is -2.41. The van der Waals surface area contributed by atoms with Crippen molar-refractivity contribution in [1.29, 1.82) is 0 Å². The number of nitrogens with one attached hydrogen (secondary N) is 1. The lowest BCUT2D eigenvalue weighted by molar-refractivity contribution is -0.148. The third-order valence-electron chi connectivity index (χ3n) is 3.91. The highest BCUT2D eigenvalue weighted by molar-refractivity contribution is 5.71. The topological polar surface area (TPSA) is 49.3 Å². The second kappa shape index (κ2) is 4.28. The average Bonchev–Trinajstić information content (AvgIpc) is 2.65. The van der Waals surface area contributed by atoms with E-state index in [9.17, 15) is 13.6 Å². The SMILES string of the molecule is O=C(O)C1CNCC1C1CCCCC1(F)F. The van der Waals surface area contributed by atoms with Gasteiger partial charge in [0, 0.05) is 18.9 Å². The molecule has 2 N–H and O–H groups in total. The smallest absolute Gasteiger partial charge is 0.308 e. The predicted octanol–water partition coefficient (Wildman–Crippen LogP) is 1.73. The Balaban J connectivity index is 2.13. The molecule has 0 spiro atoms. The second-order valence-electron chi connectivity index (χ2n) is 4.88. The first kappa shape index (κ1) is 11.8. The van der Waals surface area contributed by atoms with Crippen LogP contribution in [0, 0.1) is 17.8 Å². The predicted molar refractivity (Wildman–Crippen MR) is 54.4 cm³/mol. The summed E-state index contributed by atoms with van der Waals surface area (Å²) < 4.78 is 27.5. The Morgan fingerprint density at radius 3 is 2.69 bits per heavy atom. The van der Waals surface area contributed by atoms with Crippen molar-refractivity contribution in [2.24, 2.45) is 17.8 Å². The summed E-state index contributed by atoms with van der Waals surface area (Å²) in [6.45, 7) is 0.740. The van der Waals surface area contributed by atoms with Crippen LogP contribution in [0.3, 0.4) is 0 Å². The van der Waals surface area contributed by atoms with E-state index in [4.69, 9.17) is 5.11 Å². The summed E-state index contributed by atoms with van der Waals surface area (Å²) in [5, 5.41) is 11.9. The van der Waals surface area contributed by atoms with Crippen molar-refractivity contribution in [3.05, 3.63) is 0 Å². The van der Waals surface area contributed by atoms with E-state index in [1.807, 2.05) is 0 Å². The summed E-state index contributed by atoms with van der Waals surface area (Å²) in [6, 6.07) is 0. The Hall–Kier alpha value is -0.710. The quantitative estimate of drug-likeness (QED) is 0.763. The number of carboxylic acid groups (broad SMARTS) is 1. The van der Waals surface area contributed by atoms with Crippen LogP contribution in [0.15, 0.2) is 0 Å². The molecular weight excluding hydrogens is 216 g/mol. The first-order chi connectivity index (χ1) is 7.52. The van der Waals surface area contributed by atoms with Crippen LogP contribution >= 0.6 is 0 Å². The molecule has 2 fully saturated rings. The Kier molecular flexibility index (Phi) is 3.15. The van der Waals surface area contributed by atoms with Crippen LogP contribution < -0.4 is 5.32 Å². The molecule has 3 atom stereocenters. The Bertz CT molecular complexity index is 283. The molecule has 5 heteroatoms. The van der Waals surface area contributed by atoms with Crippen molar-refractivity contribution in [3.8, 4) is 0 Å². The number of rotatable bonds is 2. The van der Waals surface area contributed by atoms with Crippen molar-refractivity contribution in [2.75, 3.05) is 13.1 Å². The molecule has 0 radical (unpaired) electrons. The molecule has 0 aromatic rings. The van der Waals surface area contributed by atoms with Gasteiger partial charge in [-0.2, -0.15) is 0 Å². The zero-order valence-electron chi connectivity index (χ0n) is 9.09. The van der Waals surface area contributed by atoms with E-state index >= 15 is 0 Å². The summed E-state index contributed by atoms with van der Waals surface area (Å²) >= 11 is 0. The minimum atomic E-state index is -2.68. The maximum atomic E-state index is 13.7. The molecule has 16 heavy (non-hydrogen) atoms. The van der Waals surface area contributed by atoms with Gasteiger partial charge in [0.25, 0.3) is 5.92 Å². The lowest BCUT2D eigenvalue weighted by Gasteiger charge is -2.36. The van der Waals surface area contributed by atoms with E-state index in [0.29, 0.717) is 25.9 Å². The molecule has 1 saturated carbocycles. The van der Waals surface area contributed by atoms with Crippen LogP contribution in [-0.2, 0) is 4.79 Å². The Morgan fingerprint density at radius 1 is 1.31 bits per heavy atom. The molecule has 0 bridgehead atoms. The fourth-order valence-corrected chi connectivity index (χ4v) is 3.04. The van der Waals surface area contributed by atoms with E-state index in [0.717, 1.165) is 6.42 Å². The highest BCUT2D eigenvalue weighted by atomic mass is 19.3. The number of hydrogen-bond donors (Lipinski definition) is 2. The summed E-state index contributed by atoms with van der Waals surface area (Å²) in [5.41, 5.74) is 0. The molecule has 2 rings (SSSR count). The molecule has 1 saturated heterocycles. The maximum Gasteiger partial charge on any atom is 0.308 e. The van der Waals surface area contributed by atoms with Crippen molar-refractivity contribution in [2.45, 2.75) is 31.6 Å². The van der Waals surface area contributed by atoms with Gasteiger partial charge in [-0.05, 0) is 25.3 Å². The standard InChI is InChI=1S/C11H17F2NO2/c12-11(13)4-2-1-3-9(11)7-5-14-6-8(7)10(15)16/h7-9,14H,1-6H2,(H,15,16). The summed E-state index contributed by atoms with van der Waals surface area (Å²) in [6.07, 6.45) is 1.73. The zero-order chi connectivity index (χ0) is 11.8. The van der Waals surface area contributed by atoms with Gasteiger partial charge in [-0.15, -0.1) is 0 Å². The summed E-state index contributed by atoms with van der Waals surface area (Å²) in [4.78, 5) is 11.0. The first-order valence-electron chi connectivity index (χ1n) is 5.84. The average molecular weight is 233 g/mol. The first-order valence-corrected chi connectivity index (χ1v) is 5.84. The number of carboxylic acids is 1. The van der Waals surface area contributed by atoms with Crippen LogP contribution in [-0.4, -0.2) is 30.1 Å². The molecule has 92 valence electrons. The molecule has 3 nitrogen and oxygen atoms in total. The highest BCUT2D eigenvalue weighted by Gasteiger charge is 2.50. The number of alkyl halides is 2. The molecule has 1 aliphatic heterocycles. The van der Waals surface area contributed by atoms with Gasteiger partial charge in [-0.25, -0.2) is 8.78 Å². The minimum absolute atomic E-state index is 0.0828. The van der Waals surface area contributed by atoms with Crippen LogP contribution in [0.5, 0.6) is 0 Å². The fourth-order valence-electron chi connectivity index (χ4n) is 3.04. The van der Waals surface area contributed by atoms with Crippen LogP contribution in [0.2, 0.25) is 0 Å². The summed E-state index contributed by atoms with van der Waals surface area (Å²) in [7, 11) is 0. The number of carbonyl (C=O) groups is 1. The van der Waals surface area contributed by atoms with Crippen molar-refractivity contribution >= 4 is 5.97 Å². The van der Waals surface area contributed by atoms with Gasteiger partial charge in [0.05, 0.1) is 5.92 Å². The normalized spacial score (nSPS) is 38.5. The van der Waals surface area contributed by atoms with Gasteiger partial charge in [0.1, 0.15) is 0 Å². The molecule has 0 aromatic heterocycles. The molecule has 0 aromatic carbocycles. The van der Waals surface area contributed by atoms with Crippen molar-refractivity contribution in [3.63, 3.8) is 0 Å². The van der Waals surface area contributed by atoms with E-state index in [1.54, 1.807) is 0 Å². The molecule has 0 amide bonds. The van der Waals surface area contributed by atoms with Crippen molar-refractivity contribution < 1.29 is 18.7 Å². The van der Waals surface area contributed by atoms with E-state index < -0.39 is 29.6 Å². The highest BCUT2D eigenvalue weighted by Crippen LogP contribution is 2.45. The second-order valence-corrected chi connectivity index (χ2v) is 4.88. The van der Waals surface area contributed by atoms with Gasteiger partial charge in [0.15, 0.2) is 0 Å². The molecule has 1 heterocycles. The monoisotopic (exact) mass is 233 g/mol. The van der Waals surface area contributed by atoms with Gasteiger partial charge in [0.2, 0.25) is 0 Å². The zero-order valence-corrected chi connectivity index (χ0v) is 9.09. The van der Waals surface area contributed by atoms with Crippen LogP contribution in [0.1, 0.15) is 25.7 Å². The fraction of sp³-hybridized carbons (Fsp3) is 0.909. The number of halogens is 2. The molecular formula is C11H17F2NO2. The lowest BCUT2D eigenvalue weighted by atomic mass is 9.73. The van der Waals surface area contributed by atoms with Gasteiger partial charge in [-0.3, -0.25) is 4.79 Å². The molecule has 2 aliphatic rings. The third-order valence-corrected chi connectivity index (χ3v) is 3.91. The van der Waals surface area contributed by atoms with Crippen molar-refractivity contribution in [1.82, 2.24) is 5.32 Å².